The summed E-state index contributed by atoms with van der Waals surface area (Å²) in [4.78, 5) is 50.6. The van der Waals surface area contributed by atoms with Crippen molar-refractivity contribution in [1.29, 1.82) is 10.7 Å². The van der Waals surface area contributed by atoms with Gasteiger partial charge in [0, 0.05) is 29.2 Å². The van der Waals surface area contributed by atoms with Gasteiger partial charge in [-0.1, -0.05) is 24.8 Å². The third-order valence-corrected chi connectivity index (χ3v) is 8.63. The highest BCUT2D eigenvalue weighted by atomic mass is 32.1. The van der Waals surface area contributed by atoms with Gasteiger partial charge in [0.1, 0.15) is 17.2 Å². The van der Waals surface area contributed by atoms with Crippen molar-refractivity contribution in [3.05, 3.63) is 149 Å². The summed E-state index contributed by atoms with van der Waals surface area (Å²) in [7, 11) is 0. The lowest BCUT2D eigenvalue weighted by atomic mass is 9.99. The van der Waals surface area contributed by atoms with Crippen LogP contribution in [0.1, 0.15) is 48.6 Å². The molecule has 6 rings (SSSR count). The molecular weight excluding hydrogens is 740 g/mol. The normalized spacial score (nSPS) is 10.6. The number of halogens is 1. The van der Waals surface area contributed by atoms with Gasteiger partial charge < -0.3 is 29.1 Å². The van der Waals surface area contributed by atoms with Crippen LogP contribution in [0.15, 0.2) is 121 Å². The number of fused-ring (bicyclic) bond motifs is 2. The molecule has 0 fully saturated rings. The minimum absolute atomic E-state index is 0.0920. The molecular formula is C43H29FN2O9S. The van der Waals surface area contributed by atoms with Crippen LogP contribution in [-0.4, -0.2) is 43.3 Å². The van der Waals surface area contributed by atoms with E-state index in [-0.39, 0.29) is 52.7 Å². The highest BCUT2D eigenvalue weighted by molar-refractivity contribution is 7.80. The first-order valence-electron chi connectivity index (χ1n) is 16.8. The van der Waals surface area contributed by atoms with E-state index in [2.05, 4.69) is 19.2 Å². The maximum absolute atomic E-state index is 14.2. The molecule has 278 valence electrons. The lowest BCUT2D eigenvalue weighted by Gasteiger charge is -2.12. The van der Waals surface area contributed by atoms with Crippen LogP contribution < -0.4 is 18.9 Å². The first-order valence-corrected chi connectivity index (χ1v) is 17.2. The molecule has 0 aromatic heterocycles. The summed E-state index contributed by atoms with van der Waals surface area (Å²) < 4.78 is 41.3. The van der Waals surface area contributed by atoms with Crippen molar-refractivity contribution in [2.45, 2.75) is 11.3 Å². The maximum atomic E-state index is 14.2. The van der Waals surface area contributed by atoms with E-state index in [0.717, 1.165) is 18.4 Å². The topological polar surface area (TPSA) is 162 Å². The number of ether oxygens (including phenoxy) is 5. The van der Waals surface area contributed by atoms with Gasteiger partial charge in [-0.05, 0) is 106 Å². The van der Waals surface area contributed by atoms with Gasteiger partial charge in [-0.3, -0.25) is 0 Å². The summed E-state index contributed by atoms with van der Waals surface area (Å²) in [5, 5.41) is 19.4. The molecule has 0 spiro atoms. The Kier molecular flexibility index (Phi) is 11.8. The van der Waals surface area contributed by atoms with E-state index < -0.39 is 29.7 Å². The lowest BCUT2D eigenvalue weighted by molar-refractivity contribution is -0.137. The van der Waals surface area contributed by atoms with E-state index in [1.165, 1.54) is 36.4 Å². The molecule has 0 aliphatic rings. The quantitative estimate of drug-likeness (QED) is 0.0291. The zero-order chi connectivity index (χ0) is 39.8. The molecule has 56 heavy (non-hydrogen) atoms. The molecule has 0 aliphatic heterocycles. The van der Waals surface area contributed by atoms with Crippen LogP contribution in [-0.2, 0) is 9.53 Å². The number of esters is 4. The van der Waals surface area contributed by atoms with Gasteiger partial charge in [0.25, 0.3) is 0 Å². The molecule has 0 amide bonds. The molecule has 0 unspecified atom stereocenters. The van der Waals surface area contributed by atoms with E-state index in [9.17, 15) is 23.6 Å². The SMILES string of the molecule is C=CC(=O)OCCCOc1ccc(C(=O)Oc2ccc3c(C=N)c(C(=O)Oc4ccc5cc(C(=O)Oc6ccc(C#N)cc6F)ccc5c4)ccc3c2)cc1S. The van der Waals surface area contributed by atoms with Crippen LogP contribution in [0.4, 0.5) is 4.39 Å². The molecule has 0 atom stereocenters. The number of nitrogens with zero attached hydrogens (tertiary/aromatic N) is 1. The maximum Gasteiger partial charge on any atom is 0.344 e. The molecule has 0 heterocycles. The van der Waals surface area contributed by atoms with E-state index >= 15 is 0 Å². The van der Waals surface area contributed by atoms with E-state index in [1.807, 2.05) is 6.07 Å². The molecule has 1 N–H and O–H groups in total. The Morgan fingerprint density at radius 2 is 1.38 bits per heavy atom. The van der Waals surface area contributed by atoms with E-state index in [1.54, 1.807) is 60.7 Å². The van der Waals surface area contributed by atoms with Crippen molar-refractivity contribution < 1.29 is 47.3 Å². The first-order chi connectivity index (χ1) is 27.1. The van der Waals surface area contributed by atoms with Gasteiger partial charge in [-0.25, -0.2) is 23.6 Å². The number of rotatable bonds is 13. The molecule has 0 aliphatic carbocycles. The number of carbonyl (C=O) groups is 4. The Labute approximate surface area is 324 Å². The van der Waals surface area contributed by atoms with Crippen molar-refractivity contribution in [2.24, 2.45) is 0 Å². The minimum atomic E-state index is -0.841. The Bertz CT molecular complexity index is 2620. The summed E-state index contributed by atoms with van der Waals surface area (Å²) >= 11 is 4.41. The molecule has 6 aromatic rings. The fourth-order valence-corrected chi connectivity index (χ4v) is 5.80. The summed E-state index contributed by atoms with van der Waals surface area (Å²) in [6, 6.07) is 27.4. The van der Waals surface area contributed by atoms with Crippen molar-refractivity contribution in [3.8, 4) is 29.1 Å². The Balaban J connectivity index is 1.10. The first kappa shape index (κ1) is 38.4. The van der Waals surface area contributed by atoms with Crippen LogP contribution in [0.5, 0.6) is 23.0 Å². The van der Waals surface area contributed by atoms with E-state index in [0.29, 0.717) is 44.2 Å². The smallest absolute Gasteiger partial charge is 0.344 e. The summed E-state index contributed by atoms with van der Waals surface area (Å²) in [5.74, 6) is -2.92. The van der Waals surface area contributed by atoms with Crippen LogP contribution in [0.25, 0.3) is 21.5 Å². The number of nitriles is 1. The zero-order valence-corrected chi connectivity index (χ0v) is 30.1. The van der Waals surface area contributed by atoms with E-state index in [4.69, 9.17) is 34.4 Å². The average molecular weight is 769 g/mol. The van der Waals surface area contributed by atoms with Crippen molar-refractivity contribution in [1.82, 2.24) is 0 Å². The lowest BCUT2D eigenvalue weighted by Crippen LogP contribution is -2.12. The molecule has 0 saturated heterocycles. The summed E-state index contributed by atoms with van der Waals surface area (Å²) in [5.41, 5.74) is 0.902. The average Bonchev–Trinajstić information content (AvgIpc) is 3.20. The summed E-state index contributed by atoms with van der Waals surface area (Å²) in [6.45, 7) is 3.76. The minimum Gasteiger partial charge on any atom is -0.492 e. The number of hydrogen-bond acceptors (Lipinski definition) is 12. The summed E-state index contributed by atoms with van der Waals surface area (Å²) in [6.07, 6.45) is 2.57. The highest BCUT2D eigenvalue weighted by Gasteiger charge is 2.19. The fraction of sp³-hybridized carbons (Fsp3) is 0.0698. The van der Waals surface area contributed by atoms with Crippen LogP contribution in [0.2, 0.25) is 0 Å². The second-order valence-electron chi connectivity index (χ2n) is 12.0. The fourth-order valence-electron chi connectivity index (χ4n) is 5.52. The van der Waals surface area contributed by atoms with Crippen molar-refractivity contribution in [3.63, 3.8) is 0 Å². The van der Waals surface area contributed by atoms with Gasteiger partial charge in [-0.15, -0.1) is 12.6 Å². The van der Waals surface area contributed by atoms with Gasteiger partial charge >= 0.3 is 23.9 Å². The zero-order valence-electron chi connectivity index (χ0n) is 29.2. The number of hydrogen-bond donors (Lipinski definition) is 2. The standard InChI is InChI=1S/C43H29FN2O9S/c1-2-40(47)52-17-3-16-51-38-15-9-30(22-39(38)56)41(48)53-32-11-13-33-28(21-32)8-12-34(35(33)24-46)43(50)54-31-10-7-26-19-29(6-5-27(26)20-31)42(49)55-37-14-4-25(23-45)18-36(37)44/h2,4-15,18-22,24,46,56H,1,3,16-17H2. The number of nitrogens with one attached hydrogen (secondary N) is 1. The third-order valence-electron chi connectivity index (χ3n) is 8.28. The van der Waals surface area contributed by atoms with Crippen molar-refractivity contribution >= 4 is 64.3 Å². The van der Waals surface area contributed by atoms with Gasteiger partial charge in [0.2, 0.25) is 0 Å². The third kappa shape index (κ3) is 8.90. The van der Waals surface area contributed by atoms with Gasteiger partial charge in [0.15, 0.2) is 11.6 Å². The largest absolute Gasteiger partial charge is 0.492 e. The highest BCUT2D eigenvalue weighted by Crippen LogP contribution is 2.30. The Morgan fingerprint density at radius 1 is 0.732 bits per heavy atom. The van der Waals surface area contributed by atoms with Crippen LogP contribution in [0.3, 0.4) is 0 Å². The monoisotopic (exact) mass is 768 g/mol. The van der Waals surface area contributed by atoms with Gasteiger partial charge in [-0.2, -0.15) is 5.26 Å². The van der Waals surface area contributed by atoms with Crippen molar-refractivity contribution in [2.75, 3.05) is 13.2 Å². The molecule has 11 nitrogen and oxygen atoms in total. The van der Waals surface area contributed by atoms with Crippen LogP contribution in [0, 0.1) is 22.6 Å². The molecule has 0 radical (unpaired) electrons. The van der Waals surface area contributed by atoms with Gasteiger partial charge in [0.05, 0.1) is 41.5 Å². The number of thiol groups is 1. The second kappa shape index (κ2) is 17.2. The van der Waals surface area contributed by atoms with Crippen LogP contribution >= 0.6 is 12.6 Å². The number of carbonyl (C=O) groups excluding carboxylic acids is 4. The number of benzene rings is 6. The molecule has 13 heteroatoms. The molecule has 6 aromatic carbocycles. The Hall–Kier alpha value is -7.30. The Morgan fingerprint density at radius 3 is 2.11 bits per heavy atom. The predicted molar refractivity (Wildman–Crippen MR) is 207 cm³/mol. The second-order valence-corrected chi connectivity index (χ2v) is 12.4. The molecule has 0 saturated carbocycles. The predicted octanol–water partition coefficient (Wildman–Crippen LogP) is 8.45. The molecule has 0 bridgehead atoms.